The Morgan fingerprint density at radius 1 is 1.17 bits per heavy atom. The average molecular weight is 430 g/mol. The van der Waals surface area contributed by atoms with E-state index in [0.717, 1.165) is 11.1 Å². The lowest BCUT2D eigenvalue weighted by Gasteiger charge is -2.24. The molecule has 0 saturated carbocycles. The van der Waals surface area contributed by atoms with Crippen molar-refractivity contribution in [2.75, 3.05) is 11.9 Å². The normalized spacial score (nSPS) is 10.7. The van der Waals surface area contributed by atoms with Crippen LogP contribution in [0.5, 0.6) is 0 Å². The van der Waals surface area contributed by atoms with Gasteiger partial charge in [-0.2, -0.15) is 0 Å². The predicted molar refractivity (Wildman–Crippen MR) is 117 cm³/mol. The summed E-state index contributed by atoms with van der Waals surface area (Å²) in [4.78, 5) is 17.6. The van der Waals surface area contributed by atoms with E-state index in [9.17, 15) is 9.18 Å². The zero-order chi connectivity index (χ0) is 21.3. The van der Waals surface area contributed by atoms with Gasteiger partial charge in [-0.15, -0.1) is 0 Å². The molecule has 2 aromatic carbocycles. The first-order valence-electron chi connectivity index (χ1n) is 8.64. The van der Waals surface area contributed by atoms with Crippen LogP contribution >= 0.6 is 23.2 Å². The molecule has 4 nitrogen and oxygen atoms in total. The van der Waals surface area contributed by atoms with Gasteiger partial charge in [-0.1, -0.05) is 35.8 Å². The molecule has 0 saturated heterocycles. The largest absolute Gasteiger partial charge is 0.366 e. The van der Waals surface area contributed by atoms with Crippen molar-refractivity contribution in [2.45, 2.75) is 6.92 Å². The maximum atomic E-state index is 14.3. The fourth-order valence-corrected chi connectivity index (χ4v) is 3.53. The molecule has 1 amide bonds. The maximum absolute atomic E-state index is 14.3. The summed E-state index contributed by atoms with van der Waals surface area (Å²) < 4.78 is 14.3. The van der Waals surface area contributed by atoms with E-state index in [2.05, 4.69) is 11.6 Å². The fourth-order valence-electron chi connectivity index (χ4n) is 3.03. The quantitative estimate of drug-likeness (QED) is 0.564. The molecule has 1 heterocycles. The molecule has 0 fully saturated rings. The highest BCUT2D eigenvalue weighted by Crippen LogP contribution is 2.34. The molecule has 148 valence electrons. The third kappa shape index (κ3) is 4.11. The number of rotatable bonds is 5. The number of benzene rings is 2. The van der Waals surface area contributed by atoms with Gasteiger partial charge in [0.25, 0.3) is 0 Å². The molecule has 7 heteroatoms. The number of nitrogens with zero attached hydrogens (tertiary/aromatic N) is 2. The van der Waals surface area contributed by atoms with Crippen molar-refractivity contribution in [3.63, 3.8) is 0 Å². The van der Waals surface area contributed by atoms with Gasteiger partial charge in [0.1, 0.15) is 11.6 Å². The Morgan fingerprint density at radius 3 is 2.52 bits per heavy atom. The molecule has 3 rings (SSSR count). The van der Waals surface area contributed by atoms with Crippen molar-refractivity contribution in [1.29, 1.82) is 0 Å². The van der Waals surface area contributed by atoms with Crippen LogP contribution in [0.2, 0.25) is 10.0 Å². The number of hydrogen-bond donors (Lipinski definition) is 1. The van der Waals surface area contributed by atoms with E-state index < -0.39 is 11.7 Å². The number of nitrogens with two attached hydrogens (primary N) is 1. The Labute approximate surface area is 178 Å². The summed E-state index contributed by atoms with van der Waals surface area (Å²) in [5.41, 5.74) is 8.49. The highest BCUT2D eigenvalue weighted by atomic mass is 35.5. The van der Waals surface area contributed by atoms with Crippen LogP contribution in [0.4, 0.5) is 10.2 Å². The Balaban J connectivity index is 1.99. The van der Waals surface area contributed by atoms with E-state index in [1.807, 2.05) is 13.0 Å². The van der Waals surface area contributed by atoms with Gasteiger partial charge in [0.05, 0.1) is 10.6 Å². The third-order valence-corrected chi connectivity index (χ3v) is 5.23. The van der Waals surface area contributed by atoms with Crippen molar-refractivity contribution in [3.05, 3.63) is 87.8 Å². The van der Waals surface area contributed by atoms with E-state index in [-0.39, 0.29) is 10.6 Å². The van der Waals surface area contributed by atoms with Crippen LogP contribution in [0, 0.1) is 12.7 Å². The van der Waals surface area contributed by atoms with E-state index in [4.69, 9.17) is 28.9 Å². The van der Waals surface area contributed by atoms with Gasteiger partial charge in [-0.05, 0) is 48.9 Å². The van der Waals surface area contributed by atoms with E-state index in [0.29, 0.717) is 27.7 Å². The lowest BCUT2D eigenvalue weighted by atomic mass is 10.0. The second-order valence-corrected chi connectivity index (χ2v) is 7.34. The number of amides is 1. The average Bonchev–Trinajstić information content (AvgIpc) is 2.67. The molecule has 0 bridgehead atoms. The molecule has 0 radical (unpaired) electrons. The fraction of sp³-hybridized carbons (Fsp3) is 0.0909. The monoisotopic (exact) mass is 429 g/mol. The molecule has 0 aliphatic heterocycles. The number of hydrogen-bond acceptors (Lipinski definition) is 3. The topological polar surface area (TPSA) is 59.2 Å². The maximum Gasteiger partial charge on any atom is 0.248 e. The Kier molecular flexibility index (Phi) is 5.91. The van der Waals surface area contributed by atoms with Crippen LogP contribution in [0.1, 0.15) is 21.5 Å². The van der Waals surface area contributed by atoms with Gasteiger partial charge in [0.15, 0.2) is 0 Å². The van der Waals surface area contributed by atoms with Gasteiger partial charge >= 0.3 is 0 Å². The minimum atomic E-state index is -0.540. The summed E-state index contributed by atoms with van der Waals surface area (Å²) in [5.74, 6) is -0.416. The van der Waals surface area contributed by atoms with Gasteiger partial charge in [0.2, 0.25) is 5.91 Å². The van der Waals surface area contributed by atoms with Crippen LogP contribution in [0.25, 0.3) is 16.8 Å². The van der Waals surface area contributed by atoms with Crippen LogP contribution in [0.15, 0.2) is 55.2 Å². The lowest BCUT2D eigenvalue weighted by molar-refractivity contribution is 0.100. The number of anilines is 1. The molecule has 0 aliphatic rings. The van der Waals surface area contributed by atoms with Crippen LogP contribution < -0.4 is 10.6 Å². The summed E-state index contributed by atoms with van der Waals surface area (Å²) in [6.45, 7) is 5.84. The molecule has 2 N–H and O–H groups in total. The molecule has 0 unspecified atom stereocenters. The van der Waals surface area contributed by atoms with E-state index >= 15 is 0 Å². The summed E-state index contributed by atoms with van der Waals surface area (Å²) >= 11 is 12.5. The number of carbonyl (C=O) groups excluding carboxylic acids is 1. The summed E-state index contributed by atoms with van der Waals surface area (Å²) in [7, 11) is 1.74. The summed E-state index contributed by atoms with van der Waals surface area (Å²) in [6, 6.07) is 11.2. The number of primary amides is 1. The minimum Gasteiger partial charge on any atom is -0.366 e. The van der Waals surface area contributed by atoms with E-state index in [1.165, 1.54) is 12.1 Å². The lowest BCUT2D eigenvalue weighted by Crippen LogP contribution is -2.18. The first-order chi connectivity index (χ1) is 13.7. The third-order valence-electron chi connectivity index (χ3n) is 4.59. The number of halogens is 3. The Hall–Kier alpha value is -2.89. The van der Waals surface area contributed by atoms with Crippen LogP contribution in [-0.2, 0) is 0 Å². The second-order valence-electron chi connectivity index (χ2n) is 6.53. The highest BCUT2D eigenvalue weighted by Gasteiger charge is 2.18. The smallest absolute Gasteiger partial charge is 0.248 e. The predicted octanol–water partition coefficient (Wildman–Crippen LogP) is 5.71. The van der Waals surface area contributed by atoms with Crippen molar-refractivity contribution in [1.82, 2.24) is 4.98 Å². The molecule has 3 aromatic rings. The molecule has 29 heavy (non-hydrogen) atoms. The number of pyridine rings is 1. The van der Waals surface area contributed by atoms with Crippen LogP contribution in [-0.4, -0.2) is 17.9 Å². The van der Waals surface area contributed by atoms with Crippen molar-refractivity contribution in [2.24, 2.45) is 5.73 Å². The van der Waals surface area contributed by atoms with E-state index in [1.54, 1.807) is 42.4 Å². The summed E-state index contributed by atoms with van der Waals surface area (Å²) in [6.07, 6.45) is 1.63. The zero-order valence-electron chi connectivity index (χ0n) is 15.8. The molecular weight excluding hydrogens is 412 g/mol. The standard InChI is InChI=1S/C22H18Cl2FN3O/c1-12-9-15(16-10-14(21(26)29)7-8-17(16)23)11-27-22(12)28(3)13(2)20-18(24)5-4-6-19(20)25/h4-11H,2H2,1,3H3,(H2,26,29). The Bertz CT molecular complexity index is 1110. The number of aryl methyl sites for hydroxylation is 1. The zero-order valence-corrected chi connectivity index (χ0v) is 17.4. The SMILES string of the molecule is C=C(c1c(F)cccc1Cl)N(C)c1ncc(-c2cc(C(N)=O)ccc2Cl)cc1C. The second kappa shape index (κ2) is 8.23. The van der Waals surface area contributed by atoms with Crippen molar-refractivity contribution in [3.8, 4) is 11.1 Å². The molecular formula is C22H18Cl2FN3O. The number of aromatic nitrogens is 1. The highest BCUT2D eigenvalue weighted by molar-refractivity contribution is 6.33. The summed E-state index contributed by atoms with van der Waals surface area (Å²) in [5, 5.41) is 0.742. The molecule has 0 spiro atoms. The van der Waals surface area contributed by atoms with Crippen molar-refractivity contribution < 1.29 is 9.18 Å². The minimum absolute atomic E-state index is 0.221. The van der Waals surface area contributed by atoms with Gasteiger partial charge < -0.3 is 10.6 Å². The van der Waals surface area contributed by atoms with Gasteiger partial charge in [-0.3, -0.25) is 4.79 Å². The molecule has 0 aliphatic carbocycles. The Morgan fingerprint density at radius 2 is 1.90 bits per heavy atom. The van der Waals surface area contributed by atoms with Crippen molar-refractivity contribution >= 4 is 40.6 Å². The first-order valence-corrected chi connectivity index (χ1v) is 9.39. The molecule has 1 aromatic heterocycles. The van der Waals surface area contributed by atoms with Gasteiger partial charge in [-0.25, -0.2) is 9.37 Å². The molecule has 0 atom stereocenters. The first kappa shape index (κ1) is 20.8. The number of carbonyl (C=O) groups is 1. The van der Waals surface area contributed by atoms with Gasteiger partial charge in [0, 0.05) is 40.7 Å². The van der Waals surface area contributed by atoms with Crippen LogP contribution in [0.3, 0.4) is 0 Å².